The molecule has 2 aromatic heterocycles. The highest BCUT2D eigenvalue weighted by Crippen LogP contribution is 2.19. The van der Waals surface area contributed by atoms with E-state index in [-0.39, 0.29) is 0 Å². The third-order valence-electron chi connectivity index (χ3n) is 1.74. The molecule has 0 amide bonds. The van der Waals surface area contributed by atoms with Crippen LogP contribution in [0.15, 0.2) is 29.0 Å². The maximum absolute atomic E-state index is 2.27. The van der Waals surface area contributed by atoms with Crippen LogP contribution in [-0.2, 0) is 6.42 Å². The number of rotatable bonds is 2. The lowest BCUT2D eigenvalue weighted by molar-refractivity contribution is 1.26. The Bertz CT molecular complexity index is 344. The second-order valence-corrected chi connectivity index (χ2v) is 4.97. The molecule has 0 saturated carbocycles. The van der Waals surface area contributed by atoms with Gasteiger partial charge < -0.3 is 0 Å². The fraction of sp³-hybridized carbons (Fsp3) is 0.200. The van der Waals surface area contributed by atoms with E-state index in [1.807, 2.05) is 22.7 Å². The fourth-order valence-corrected chi connectivity index (χ4v) is 2.65. The van der Waals surface area contributed by atoms with E-state index >= 15 is 0 Å². The highest BCUT2D eigenvalue weighted by atomic mass is 32.1. The quantitative estimate of drug-likeness (QED) is 0.683. The summed E-state index contributed by atoms with van der Waals surface area (Å²) in [5.74, 6) is 0. The zero-order chi connectivity index (χ0) is 8.39. The third kappa shape index (κ3) is 1.76. The first-order chi connectivity index (χ1) is 5.84. The van der Waals surface area contributed by atoms with Gasteiger partial charge in [-0.3, -0.25) is 0 Å². The van der Waals surface area contributed by atoms with Gasteiger partial charge in [-0.15, -0.1) is 22.7 Å². The summed E-state index contributed by atoms with van der Waals surface area (Å²) in [5.41, 5.74) is 1.44. The molecule has 0 fully saturated rings. The Labute approximate surface area is 80.5 Å². The van der Waals surface area contributed by atoms with Gasteiger partial charge in [0.15, 0.2) is 0 Å². The Balaban J connectivity index is 2.14. The second-order valence-electron chi connectivity index (χ2n) is 2.82. The molecule has 0 aliphatic heterocycles. The zero-order valence-corrected chi connectivity index (χ0v) is 8.54. The van der Waals surface area contributed by atoms with Crippen molar-refractivity contribution in [3.8, 4) is 0 Å². The van der Waals surface area contributed by atoms with Gasteiger partial charge in [-0.2, -0.15) is 0 Å². The predicted molar refractivity (Wildman–Crippen MR) is 56.2 cm³/mol. The third-order valence-corrected chi connectivity index (χ3v) is 3.53. The van der Waals surface area contributed by atoms with Gasteiger partial charge in [0.1, 0.15) is 0 Å². The van der Waals surface area contributed by atoms with E-state index in [9.17, 15) is 0 Å². The molecule has 2 heteroatoms. The fourth-order valence-electron chi connectivity index (χ4n) is 1.20. The summed E-state index contributed by atoms with van der Waals surface area (Å²) in [4.78, 5) is 2.86. The highest BCUT2D eigenvalue weighted by molar-refractivity contribution is 7.10. The molecular formula is C10H10S2. The van der Waals surface area contributed by atoms with Gasteiger partial charge in [0.2, 0.25) is 0 Å². The number of aryl methyl sites for hydroxylation is 1. The van der Waals surface area contributed by atoms with Crippen molar-refractivity contribution >= 4 is 22.7 Å². The van der Waals surface area contributed by atoms with E-state index in [1.165, 1.54) is 15.3 Å². The summed E-state index contributed by atoms with van der Waals surface area (Å²) in [6, 6.07) is 6.57. The summed E-state index contributed by atoms with van der Waals surface area (Å²) in [7, 11) is 0. The van der Waals surface area contributed by atoms with Crippen molar-refractivity contribution < 1.29 is 0 Å². The molecule has 62 valence electrons. The topological polar surface area (TPSA) is 0 Å². The van der Waals surface area contributed by atoms with Crippen LogP contribution in [0, 0.1) is 6.92 Å². The SMILES string of the molecule is Cc1cc(Cc2cccs2)cs1. The van der Waals surface area contributed by atoms with Gasteiger partial charge in [0, 0.05) is 16.2 Å². The van der Waals surface area contributed by atoms with E-state index in [1.54, 1.807) is 0 Å². The molecule has 2 rings (SSSR count). The van der Waals surface area contributed by atoms with E-state index < -0.39 is 0 Å². The van der Waals surface area contributed by atoms with Gasteiger partial charge in [0.25, 0.3) is 0 Å². The van der Waals surface area contributed by atoms with Crippen molar-refractivity contribution in [2.24, 2.45) is 0 Å². The van der Waals surface area contributed by atoms with Crippen LogP contribution in [0.3, 0.4) is 0 Å². The molecule has 0 nitrogen and oxygen atoms in total. The van der Waals surface area contributed by atoms with Gasteiger partial charge in [-0.05, 0) is 35.4 Å². The Kier molecular flexibility index (Phi) is 2.28. The number of hydrogen-bond acceptors (Lipinski definition) is 2. The average Bonchev–Trinajstić information content (AvgIpc) is 2.63. The van der Waals surface area contributed by atoms with Gasteiger partial charge >= 0.3 is 0 Å². The molecule has 12 heavy (non-hydrogen) atoms. The Hall–Kier alpha value is -0.600. The highest BCUT2D eigenvalue weighted by Gasteiger charge is 1.98. The van der Waals surface area contributed by atoms with Crippen LogP contribution in [0.4, 0.5) is 0 Å². The first kappa shape index (κ1) is 8.02. The lowest BCUT2D eigenvalue weighted by atomic mass is 10.2. The average molecular weight is 194 g/mol. The molecule has 0 aliphatic carbocycles. The molecule has 0 spiro atoms. The minimum absolute atomic E-state index is 1.10. The molecule has 0 unspecified atom stereocenters. The maximum Gasteiger partial charge on any atom is 0.00893 e. The molecule has 0 bridgehead atoms. The van der Waals surface area contributed by atoms with Crippen molar-refractivity contribution in [2.75, 3.05) is 0 Å². The maximum atomic E-state index is 2.27. The molecule has 0 aliphatic rings. The van der Waals surface area contributed by atoms with Crippen LogP contribution in [0.2, 0.25) is 0 Å². The van der Waals surface area contributed by atoms with Crippen LogP contribution in [-0.4, -0.2) is 0 Å². The molecular weight excluding hydrogens is 184 g/mol. The smallest absolute Gasteiger partial charge is 0.00893 e. The normalized spacial score (nSPS) is 10.4. The summed E-state index contributed by atoms with van der Waals surface area (Å²) < 4.78 is 0. The largest absolute Gasteiger partial charge is 0.149 e. The summed E-state index contributed by atoms with van der Waals surface area (Å²) >= 11 is 3.66. The number of hydrogen-bond donors (Lipinski definition) is 0. The summed E-state index contributed by atoms with van der Waals surface area (Å²) in [6.45, 7) is 2.16. The summed E-state index contributed by atoms with van der Waals surface area (Å²) in [6.07, 6.45) is 1.10. The van der Waals surface area contributed by atoms with Crippen molar-refractivity contribution in [3.05, 3.63) is 44.3 Å². The van der Waals surface area contributed by atoms with Crippen molar-refractivity contribution in [1.82, 2.24) is 0 Å². The zero-order valence-electron chi connectivity index (χ0n) is 6.91. The number of thiophene rings is 2. The predicted octanol–water partition coefficient (Wildman–Crippen LogP) is 3.71. The molecule has 0 aromatic carbocycles. The van der Waals surface area contributed by atoms with Crippen molar-refractivity contribution in [2.45, 2.75) is 13.3 Å². The van der Waals surface area contributed by atoms with Crippen LogP contribution >= 0.6 is 22.7 Å². The van der Waals surface area contributed by atoms with Gasteiger partial charge in [0.05, 0.1) is 0 Å². The monoisotopic (exact) mass is 194 g/mol. The Morgan fingerprint density at radius 2 is 2.25 bits per heavy atom. The van der Waals surface area contributed by atoms with E-state index in [4.69, 9.17) is 0 Å². The minimum atomic E-state index is 1.10. The van der Waals surface area contributed by atoms with E-state index in [0.29, 0.717) is 0 Å². The van der Waals surface area contributed by atoms with Crippen LogP contribution < -0.4 is 0 Å². The standard InChI is InChI=1S/C10H10S2/c1-8-5-9(7-12-8)6-10-3-2-4-11-10/h2-5,7H,6H2,1H3. The van der Waals surface area contributed by atoms with Crippen molar-refractivity contribution in [1.29, 1.82) is 0 Å². The van der Waals surface area contributed by atoms with Gasteiger partial charge in [-0.1, -0.05) is 6.07 Å². The lowest BCUT2D eigenvalue weighted by Crippen LogP contribution is -1.78. The molecule has 0 N–H and O–H groups in total. The van der Waals surface area contributed by atoms with E-state index in [0.717, 1.165) is 6.42 Å². The van der Waals surface area contributed by atoms with Crippen molar-refractivity contribution in [3.63, 3.8) is 0 Å². The second kappa shape index (κ2) is 3.42. The van der Waals surface area contributed by atoms with Crippen LogP contribution in [0.25, 0.3) is 0 Å². The Morgan fingerprint density at radius 3 is 2.83 bits per heavy atom. The summed E-state index contributed by atoms with van der Waals surface area (Å²) in [5, 5.41) is 4.38. The van der Waals surface area contributed by atoms with Crippen LogP contribution in [0.1, 0.15) is 15.3 Å². The first-order valence-corrected chi connectivity index (χ1v) is 5.67. The lowest BCUT2D eigenvalue weighted by Gasteiger charge is -1.90. The molecule has 0 saturated heterocycles. The molecule has 0 radical (unpaired) electrons. The minimum Gasteiger partial charge on any atom is -0.149 e. The Morgan fingerprint density at radius 1 is 1.33 bits per heavy atom. The van der Waals surface area contributed by atoms with E-state index in [2.05, 4.69) is 35.9 Å². The molecule has 0 atom stereocenters. The first-order valence-electron chi connectivity index (χ1n) is 3.91. The molecule has 2 heterocycles. The van der Waals surface area contributed by atoms with Crippen LogP contribution in [0.5, 0.6) is 0 Å². The van der Waals surface area contributed by atoms with Gasteiger partial charge in [-0.25, -0.2) is 0 Å². The molecule has 2 aromatic rings.